The zero-order valence-electron chi connectivity index (χ0n) is 10.6. The number of carbonyl (C=O) groups is 1. The Labute approximate surface area is 128 Å². The van der Waals surface area contributed by atoms with Gasteiger partial charge in [-0.2, -0.15) is 5.26 Å². The molecule has 0 unspecified atom stereocenters. The lowest BCUT2D eigenvalue weighted by Gasteiger charge is -2.08. The van der Waals surface area contributed by atoms with Crippen molar-refractivity contribution in [1.29, 1.82) is 5.26 Å². The summed E-state index contributed by atoms with van der Waals surface area (Å²) in [4.78, 5) is 12.2. The lowest BCUT2D eigenvalue weighted by Crippen LogP contribution is -2.01. The summed E-state index contributed by atoms with van der Waals surface area (Å²) in [5.41, 5.74) is 2.21. The number of carboxylic acid groups (broad SMARTS) is 1. The predicted molar refractivity (Wildman–Crippen MR) is 82.2 cm³/mol. The Morgan fingerprint density at radius 2 is 2.25 bits per heavy atom. The van der Waals surface area contributed by atoms with Crippen LogP contribution in [0.25, 0.3) is 0 Å². The highest BCUT2D eigenvalue weighted by molar-refractivity contribution is 9.10. The van der Waals surface area contributed by atoms with Crippen LogP contribution in [-0.2, 0) is 6.54 Å². The fourth-order valence-electron chi connectivity index (χ4n) is 1.75. The van der Waals surface area contributed by atoms with Gasteiger partial charge in [-0.1, -0.05) is 15.9 Å². The third kappa shape index (κ3) is 3.18. The molecule has 0 saturated carbocycles. The van der Waals surface area contributed by atoms with E-state index in [1.807, 2.05) is 19.1 Å². The number of anilines is 1. The van der Waals surface area contributed by atoms with E-state index in [2.05, 4.69) is 27.3 Å². The number of hydrogen-bond acceptors (Lipinski definition) is 4. The van der Waals surface area contributed by atoms with Crippen molar-refractivity contribution < 1.29 is 9.90 Å². The second-order valence-electron chi connectivity index (χ2n) is 4.15. The lowest BCUT2D eigenvalue weighted by molar-refractivity contribution is 0.0702. The molecule has 1 aromatic heterocycles. The second-order valence-corrected chi connectivity index (χ2v) is 6.32. The molecule has 2 N–H and O–H groups in total. The van der Waals surface area contributed by atoms with E-state index in [4.69, 9.17) is 10.4 Å². The van der Waals surface area contributed by atoms with Gasteiger partial charge < -0.3 is 10.4 Å². The molecule has 1 heterocycles. The molecule has 2 aromatic rings. The van der Waals surface area contributed by atoms with Gasteiger partial charge in [0.25, 0.3) is 0 Å². The minimum atomic E-state index is -0.911. The first-order valence-electron chi connectivity index (χ1n) is 5.77. The van der Waals surface area contributed by atoms with Crippen molar-refractivity contribution in [3.63, 3.8) is 0 Å². The van der Waals surface area contributed by atoms with Crippen LogP contribution in [0.1, 0.15) is 25.7 Å². The first kappa shape index (κ1) is 14.6. The number of hydrogen-bond donors (Lipinski definition) is 2. The normalized spacial score (nSPS) is 10.1. The Bertz CT molecular complexity index is 704. The summed E-state index contributed by atoms with van der Waals surface area (Å²) in [6.07, 6.45) is 0. The first-order chi connectivity index (χ1) is 9.51. The van der Waals surface area contributed by atoms with Gasteiger partial charge in [0.05, 0.1) is 11.3 Å². The third-order valence-corrected chi connectivity index (χ3v) is 4.38. The highest BCUT2D eigenvalue weighted by atomic mass is 79.9. The fraction of sp³-hybridized carbons (Fsp3) is 0.143. The summed E-state index contributed by atoms with van der Waals surface area (Å²) < 4.78 is 0.847. The van der Waals surface area contributed by atoms with Crippen LogP contribution in [0.4, 0.5) is 5.69 Å². The third-order valence-electron chi connectivity index (χ3n) is 2.80. The molecule has 6 heteroatoms. The van der Waals surface area contributed by atoms with Gasteiger partial charge in [0.2, 0.25) is 0 Å². The van der Waals surface area contributed by atoms with Crippen molar-refractivity contribution in [2.45, 2.75) is 13.5 Å². The van der Waals surface area contributed by atoms with Crippen LogP contribution in [0, 0.1) is 18.3 Å². The van der Waals surface area contributed by atoms with Crippen LogP contribution in [0.15, 0.2) is 28.7 Å². The summed E-state index contributed by atoms with van der Waals surface area (Å²) in [6, 6.07) is 9.21. The van der Waals surface area contributed by atoms with Crippen molar-refractivity contribution in [3.8, 4) is 6.07 Å². The number of nitrogens with one attached hydrogen (secondary N) is 1. The van der Waals surface area contributed by atoms with E-state index in [1.165, 1.54) is 11.3 Å². The maximum Gasteiger partial charge on any atom is 0.345 e. The van der Waals surface area contributed by atoms with Crippen molar-refractivity contribution >= 4 is 38.9 Å². The zero-order chi connectivity index (χ0) is 14.7. The molecule has 0 bridgehead atoms. The van der Waals surface area contributed by atoms with Crippen LogP contribution in [0.3, 0.4) is 0 Å². The average molecular weight is 351 g/mol. The number of thiophene rings is 1. The van der Waals surface area contributed by atoms with E-state index < -0.39 is 5.97 Å². The van der Waals surface area contributed by atoms with E-state index in [1.54, 1.807) is 12.1 Å². The van der Waals surface area contributed by atoms with Gasteiger partial charge in [-0.05, 0) is 36.8 Å². The molecule has 0 aliphatic heterocycles. The molecule has 4 nitrogen and oxygen atoms in total. The summed E-state index contributed by atoms with van der Waals surface area (Å²) >= 11 is 4.58. The summed E-state index contributed by atoms with van der Waals surface area (Å²) in [5.74, 6) is -0.911. The Balaban J connectivity index is 2.17. The Morgan fingerprint density at radius 3 is 2.85 bits per heavy atom. The van der Waals surface area contributed by atoms with Crippen molar-refractivity contribution in [1.82, 2.24) is 0 Å². The average Bonchev–Trinajstić information content (AvgIpc) is 2.79. The molecule has 0 amide bonds. The van der Waals surface area contributed by atoms with Crippen LogP contribution >= 0.6 is 27.3 Å². The molecule has 102 valence electrons. The minimum Gasteiger partial charge on any atom is -0.477 e. The molecule has 0 spiro atoms. The molecule has 0 fully saturated rings. The quantitative estimate of drug-likeness (QED) is 0.873. The molecule has 20 heavy (non-hydrogen) atoms. The van der Waals surface area contributed by atoms with Crippen LogP contribution in [0.5, 0.6) is 0 Å². The monoisotopic (exact) mass is 350 g/mol. The van der Waals surface area contributed by atoms with E-state index in [9.17, 15) is 4.79 Å². The molecule has 0 atom stereocenters. The lowest BCUT2D eigenvalue weighted by atomic mass is 10.2. The molecule has 1 aromatic carbocycles. The maximum absolute atomic E-state index is 10.9. The Hall–Kier alpha value is -1.84. The molecular weight excluding hydrogens is 340 g/mol. The van der Waals surface area contributed by atoms with Gasteiger partial charge in [0.15, 0.2) is 0 Å². The minimum absolute atomic E-state index is 0.329. The smallest absolute Gasteiger partial charge is 0.345 e. The molecular formula is C14H11BrN2O2S. The van der Waals surface area contributed by atoms with Gasteiger partial charge in [-0.15, -0.1) is 11.3 Å². The van der Waals surface area contributed by atoms with Crippen molar-refractivity contribution in [3.05, 3.63) is 49.6 Å². The van der Waals surface area contributed by atoms with Crippen molar-refractivity contribution in [2.75, 3.05) is 5.32 Å². The number of benzene rings is 1. The second kappa shape index (κ2) is 6.07. The predicted octanol–water partition coefficient (Wildman–Crippen LogP) is 4.00. The molecule has 0 aliphatic rings. The summed E-state index contributed by atoms with van der Waals surface area (Å²) in [6.45, 7) is 2.38. The SMILES string of the molecule is Cc1sc(C(=O)O)cc1CNc1ccc(Br)cc1C#N. The first-order valence-corrected chi connectivity index (χ1v) is 7.38. The number of carboxylic acids is 1. The number of aromatic carboxylic acids is 1. The van der Waals surface area contributed by atoms with Crippen molar-refractivity contribution in [2.24, 2.45) is 0 Å². The van der Waals surface area contributed by atoms with Gasteiger partial charge >= 0.3 is 5.97 Å². The Morgan fingerprint density at radius 1 is 1.50 bits per heavy atom. The topological polar surface area (TPSA) is 73.1 Å². The zero-order valence-corrected chi connectivity index (χ0v) is 13.0. The molecule has 2 rings (SSSR count). The summed E-state index contributed by atoms with van der Waals surface area (Å²) in [7, 11) is 0. The van der Waals surface area contributed by atoms with Crippen LogP contribution in [0.2, 0.25) is 0 Å². The van der Waals surface area contributed by atoms with E-state index in [0.717, 1.165) is 20.6 Å². The van der Waals surface area contributed by atoms with E-state index in [-0.39, 0.29) is 0 Å². The van der Waals surface area contributed by atoms with Crippen LogP contribution in [-0.4, -0.2) is 11.1 Å². The standard InChI is InChI=1S/C14H11BrN2O2S/c1-8-10(5-13(20-8)14(18)19)7-17-12-3-2-11(15)4-9(12)6-16/h2-5,17H,7H2,1H3,(H,18,19). The number of nitrogens with zero attached hydrogens (tertiary/aromatic N) is 1. The molecule has 0 saturated heterocycles. The number of halogens is 1. The van der Waals surface area contributed by atoms with Gasteiger partial charge in [0, 0.05) is 15.9 Å². The molecule has 0 radical (unpaired) electrons. The highest BCUT2D eigenvalue weighted by Gasteiger charge is 2.11. The van der Waals surface area contributed by atoms with Crippen LogP contribution < -0.4 is 5.32 Å². The van der Waals surface area contributed by atoms with Gasteiger partial charge in [0.1, 0.15) is 10.9 Å². The molecule has 0 aliphatic carbocycles. The fourth-order valence-corrected chi connectivity index (χ4v) is 3.00. The number of rotatable bonds is 4. The number of aryl methyl sites for hydroxylation is 1. The number of nitriles is 1. The summed E-state index contributed by atoms with van der Waals surface area (Å²) in [5, 5.41) is 21.2. The van der Waals surface area contributed by atoms with Gasteiger partial charge in [-0.3, -0.25) is 0 Å². The van der Waals surface area contributed by atoms with E-state index in [0.29, 0.717) is 17.0 Å². The maximum atomic E-state index is 10.9. The highest BCUT2D eigenvalue weighted by Crippen LogP contribution is 2.24. The van der Waals surface area contributed by atoms with E-state index >= 15 is 0 Å². The van der Waals surface area contributed by atoms with Gasteiger partial charge in [-0.25, -0.2) is 4.79 Å². The largest absolute Gasteiger partial charge is 0.477 e. The Kier molecular flexibility index (Phi) is 4.42.